The minimum Gasteiger partial charge on any atom is -0.495 e. The van der Waals surface area contributed by atoms with Gasteiger partial charge in [-0.1, -0.05) is 23.9 Å². The van der Waals surface area contributed by atoms with Crippen LogP contribution in [0.1, 0.15) is 30.8 Å². The van der Waals surface area contributed by atoms with E-state index in [-0.39, 0.29) is 5.95 Å². The Balaban J connectivity index is 1.35. The third-order valence-corrected chi connectivity index (χ3v) is 6.58. The van der Waals surface area contributed by atoms with Crippen LogP contribution < -0.4 is 20.7 Å². The molecule has 0 aliphatic carbocycles. The maximum Gasteiger partial charge on any atom is 0.232 e. The van der Waals surface area contributed by atoms with Gasteiger partial charge in [0.25, 0.3) is 0 Å². The summed E-state index contributed by atoms with van der Waals surface area (Å²) in [4.78, 5) is 15.4. The number of piperidine rings is 1. The zero-order valence-corrected chi connectivity index (χ0v) is 20.2. The number of para-hydroxylation sites is 2. The molecule has 0 amide bonds. The van der Waals surface area contributed by atoms with Crippen LogP contribution >= 0.6 is 11.8 Å². The third-order valence-electron chi connectivity index (χ3n) is 5.61. The first-order chi connectivity index (χ1) is 17.2. The van der Waals surface area contributed by atoms with Crippen LogP contribution in [0.25, 0.3) is 0 Å². The van der Waals surface area contributed by atoms with Gasteiger partial charge in [-0.2, -0.15) is 15.0 Å². The summed E-state index contributed by atoms with van der Waals surface area (Å²) in [5.41, 5.74) is 6.72. The van der Waals surface area contributed by atoms with Crippen molar-refractivity contribution in [3.8, 4) is 5.75 Å². The maximum atomic E-state index is 5.98. The van der Waals surface area contributed by atoms with E-state index in [4.69, 9.17) is 14.9 Å². The molecule has 4 heterocycles. The topological polar surface area (TPSA) is 133 Å². The van der Waals surface area contributed by atoms with Crippen molar-refractivity contribution in [3.05, 3.63) is 54.2 Å². The Morgan fingerprint density at radius 2 is 1.91 bits per heavy atom. The molecule has 0 unspecified atom stereocenters. The third kappa shape index (κ3) is 5.48. The summed E-state index contributed by atoms with van der Waals surface area (Å²) in [5, 5.41) is 12.9. The van der Waals surface area contributed by atoms with Crippen LogP contribution in [0.3, 0.4) is 0 Å². The number of thioether (sulfide) groups is 1. The molecule has 182 valence electrons. The molecular formula is C23H27N9O2S. The monoisotopic (exact) mass is 493 g/mol. The Morgan fingerprint density at radius 1 is 1.06 bits per heavy atom. The minimum absolute atomic E-state index is 0.138. The van der Waals surface area contributed by atoms with Crippen LogP contribution in [-0.2, 0) is 12.3 Å². The van der Waals surface area contributed by atoms with Crippen LogP contribution in [-0.4, -0.2) is 49.9 Å². The van der Waals surface area contributed by atoms with Gasteiger partial charge in [0.05, 0.1) is 31.4 Å². The molecule has 12 heteroatoms. The van der Waals surface area contributed by atoms with Gasteiger partial charge < -0.3 is 25.1 Å². The number of nitrogens with two attached hydrogens (primary N) is 1. The van der Waals surface area contributed by atoms with Crippen molar-refractivity contribution in [2.75, 3.05) is 36.1 Å². The van der Waals surface area contributed by atoms with Crippen molar-refractivity contribution in [3.63, 3.8) is 0 Å². The molecule has 0 atom stereocenters. The second kappa shape index (κ2) is 10.6. The zero-order chi connectivity index (χ0) is 24.0. The predicted octanol–water partition coefficient (Wildman–Crippen LogP) is 3.72. The second-order valence-electron chi connectivity index (χ2n) is 8.04. The highest BCUT2D eigenvalue weighted by molar-refractivity contribution is 7.98. The number of nitrogens with one attached hydrogen (secondary N) is 1. The lowest BCUT2D eigenvalue weighted by Crippen LogP contribution is -2.32. The molecule has 3 aromatic heterocycles. The molecular weight excluding hydrogens is 466 g/mol. The molecule has 1 aliphatic heterocycles. The van der Waals surface area contributed by atoms with Crippen molar-refractivity contribution < 1.29 is 9.15 Å². The van der Waals surface area contributed by atoms with Crippen molar-refractivity contribution in [2.45, 2.75) is 36.7 Å². The fourth-order valence-corrected chi connectivity index (χ4v) is 4.76. The molecule has 0 bridgehead atoms. The number of anilines is 4. The highest BCUT2D eigenvalue weighted by Gasteiger charge is 2.21. The summed E-state index contributed by atoms with van der Waals surface area (Å²) in [7, 11) is 1.61. The summed E-state index contributed by atoms with van der Waals surface area (Å²) in [5.74, 6) is 3.85. The Morgan fingerprint density at radius 3 is 2.71 bits per heavy atom. The lowest BCUT2D eigenvalue weighted by molar-refractivity contribution is 0.417. The summed E-state index contributed by atoms with van der Waals surface area (Å²) >= 11 is 1.50. The quantitative estimate of drug-likeness (QED) is 0.330. The van der Waals surface area contributed by atoms with Gasteiger partial charge in [0.15, 0.2) is 5.16 Å². The van der Waals surface area contributed by atoms with Crippen LogP contribution in [0.5, 0.6) is 5.75 Å². The molecule has 35 heavy (non-hydrogen) atoms. The predicted molar refractivity (Wildman–Crippen MR) is 134 cm³/mol. The molecule has 0 radical (unpaired) electrons. The molecule has 11 nitrogen and oxygen atoms in total. The van der Waals surface area contributed by atoms with Gasteiger partial charge in [0, 0.05) is 13.1 Å². The number of furan rings is 1. The molecule has 1 saturated heterocycles. The Hall–Kier alpha value is -3.80. The first-order valence-corrected chi connectivity index (χ1v) is 12.4. The van der Waals surface area contributed by atoms with Crippen molar-refractivity contribution in [1.29, 1.82) is 0 Å². The van der Waals surface area contributed by atoms with Crippen LogP contribution in [0.2, 0.25) is 0 Å². The van der Waals surface area contributed by atoms with Crippen LogP contribution in [0.15, 0.2) is 52.2 Å². The molecule has 0 saturated carbocycles. The highest BCUT2D eigenvalue weighted by Crippen LogP contribution is 2.29. The van der Waals surface area contributed by atoms with Gasteiger partial charge in [-0.15, -0.1) is 10.2 Å². The van der Waals surface area contributed by atoms with E-state index in [1.54, 1.807) is 13.4 Å². The lowest BCUT2D eigenvalue weighted by Gasteiger charge is -2.27. The van der Waals surface area contributed by atoms with Crippen LogP contribution in [0, 0.1) is 0 Å². The van der Waals surface area contributed by atoms with E-state index >= 15 is 0 Å². The van der Waals surface area contributed by atoms with Gasteiger partial charge in [-0.25, -0.2) is 0 Å². The summed E-state index contributed by atoms with van der Waals surface area (Å²) in [6.45, 7) is 2.50. The minimum atomic E-state index is 0.138. The number of ether oxygens (including phenoxy) is 1. The van der Waals surface area contributed by atoms with Gasteiger partial charge in [-0.05, 0) is 43.5 Å². The number of hydrogen-bond acceptors (Lipinski definition) is 11. The summed E-state index contributed by atoms with van der Waals surface area (Å²) in [6, 6.07) is 11.4. The smallest absolute Gasteiger partial charge is 0.232 e. The van der Waals surface area contributed by atoms with E-state index in [9.17, 15) is 0 Å². The van der Waals surface area contributed by atoms with E-state index in [0.717, 1.165) is 48.5 Å². The molecule has 3 N–H and O–H groups in total. The van der Waals surface area contributed by atoms with Crippen LogP contribution in [0.4, 0.5) is 23.5 Å². The average molecular weight is 494 g/mol. The van der Waals surface area contributed by atoms with Gasteiger partial charge in [-0.3, -0.25) is 4.57 Å². The Labute approximate surface area is 207 Å². The first kappa shape index (κ1) is 23.0. The molecule has 1 aromatic carbocycles. The number of rotatable bonds is 9. The number of benzene rings is 1. The first-order valence-electron chi connectivity index (χ1n) is 11.4. The fraction of sp³-hybridized carbons (Fsp3) is 0.348. The van der Waals surface area contributed by atoms with Crippen molar-refractivity contribution >= 4 is 35.3 Å². The zero-order valence-electron chi connectivity index (χ0n) is 19.4. The van der Waals surface area contributed by atoms with Crippen molar-refractivity contribution in [1.82, 2.24) is 29.7 Å². The van der Waals surface area contributed by atoms with Crippen molar-refractivity contribution in [2.24, 2.45) is 0 Å². The number of nitrogens with zero attached hydrogens (tertiary/aromatic N) is 7. The highest BCUT2D eigenvalue weighted by atomic mass is 32.2. The molecule has 4 aromatic rings. The normalized spacial score (nSPS) is 13.7. The Bertz CT molecular complexity index is 1260. The molecule has 0 spiro atoms. The summed E-state index contributed by atoms with van der Waals surface area (Å²) < 4.78 is 13.1. The molecule has 1 aliphatic rings. The number of methoxy groups -OCH3 is 1. The van der Waals surface area contributed by atoms with E-state index in [1.807, 2.05) is 36.4 Å². The SMILES string of the molecule is COc1ccccc1Nc1nc(N)nc(CSc2nnc(N3CCCCC3)n2Cc2ccco2)n1. The summed E-state index contributed by atoms with van der Waals surface area (Å²) in [6.07, 6.45) is 5.23. The molecule has 5 rings (SSSR count). The Kier molecular flexibility index (Phi) is 6.98. The number of nitrogen functional groups attached to an aromatic ring is 1. The van der Waals surface area contributed by atoms with Gasteiger partial charge in [0.2, 0.25) is 17.8 Å². The van der Waals surface area contributed by atoms with Gasteiger partial charge in [0.1, 0.15) is 17.3 Å². The fourth-order valence-electron chi connectivity index (χ4n) is 3.97. The molecule has 1 fully saturated rings. The maximum absolute atomic E-state index is 5.98. The van der Waals surface area contributed by atoms with E-state index in [1.165, 1.54) is 18.2 Å². The van der Waals surface area contributed by atoms with E-state index < -0.39 is 0 Å². The van der Waals surface area contributed by atoms with E-state index in [0.29, 0.717) is 29.8 Å². The number of hydrogen-bond donors (Lipinski definition) is 2. The van der Waals surface area contributed by atoms with Gasteiger partial charge >= 0.3 is 0 Å². The lowest BCUT2D eigenvalue weighted by atomic mass is 10.1. The standard InChI is InChI=1S/C23H27N9O2S/c1-33-18-10-4-3-9-17(18)25-21-27-19(26-20(24)28-21)15-35-23-30-29-22(31-11-5-2-6-12-31)32(23)14-16-8-7-13-34-16/h3-4,7-10,13H,2,5-6,11-12,14-15H2,1H3,(H3,24,25,26,27,28). The second-order valence-corrected chi connectivity index (χ2v) is 8.99. The largest absolute Gasteiger partial charge is 0.495 e. The number of aromatic nitrogens is 6. The van der Waals surface area contributed by atoms with E-state index in [2.05, 4.69) is 39.9 Å². The average Bonchev–Trinajstić information content (AvgIpc) is 3.54.